The van der Waals surface area contributed by atoms with E-state index in [1.807, 2.05) is 0 Å². The summed E-state index contributed by atoms with van der Waals surface area (Å²) in [5.74, 6) is -0.591. The fraction of sp³-hybridized carbons (Fsp3) is 0.333. The van der Waals surface area contributed by atoms with Crippen LogP contribution in [0.25, 0.3) is 0 Å². The van der Waals surface area contributed by atoms with Gasteiger partial charge in [0, 0.05) is 19.6 Å². The van der Waals surface area contributed by atoms with Gasteiger partial charge in [-0.1, -0.05) is 0 Å². The summed E-state index contributed by atoms with van der Waals surface area (Å²) in [4.78, 5) is 20.8. The van der Waals surface area contributed by atoms with Crippen molar-refractivity contribution in [2.24, 2.45) is 0 Å². The van der Waals surface area contributed by atoms with Gasteiger partial charge in [0.15, 0.2) is 5.78 Å². The van der Waals surface area contributed by atoms with E-state index in [9.17, 15) is 9.59 Å². The zero-order valence-electron chi connectivity index (χ0n) is 5.46. The van der Waals surface area contributed by atoms with Crippen molar-refractivity contribution >= 4 is 24.3 Å². The molecule has 0 saturated carbocycles. The summed E-state index contributed by atoms with van der Waals surface area (Å²) in [5.41, 5.74) is 0. The number of hydrogen-bond donors (Lipinski definition) is 2. The van der Waals surface area contributed by atoms with Crippen LogP contribution in [0.5, 0.6) is 0 Å². The smallest absolute Gasteiger partial charge is 0.221 e. The maximum atomic E-state index is 10.5. The van der Waals surface area contributed by atoms with Gasteiger partial charge in [-0.2, -0.15) is 12.6 Å². The number of hydrogen-bond acceptors (Lipinski definition) is 3. The lowest BCUT2D eigenvalue weighted by atomic mass is 10.2. The van der Waals surface area contributed by atoms with Gasteiger partial charge in [-0.25, -0.2) is 0 Å². The minimum absolute atomic E-state index is 0.254. The molecule has 56 valence electrons. The van der Waals surface area contributed by atoms with Gasteiger partial charge < -0.3 is 5.32 Å². The summed E-state index contributed by atoms with van der Waals surface area (Å²) in [5, 5.41) is 2.29. The molecule has 1 amide bonds. The molecule has 0 aliphatic carbocycles. The van der Waals surface area contributed by atoms with Crippen LogP contribution in [-0.4, -0.2) is 23.5 Å². The highest BCUT2D eigenvalue weighted by Crippen LogP contribution is 1.88. The molecule has 0 aliphatic heterocycles. The molecule has 1 N–H and O–H groups in total. The van der Waals surface area contributed by atoms with Crippen LogP contribution < -0.4 is 5.32 Å². The average Bonchev–Trinajstić information content (AvgIpc) is 1.81. The van der Waals surface area contributed by atoms with Crippen LogP contribution in [0.1, 0.15) is 0 Å². The standard InChI is InChI=1S/C6H9NO2S/c1-4(8)6(3-10)7-5(2)9/h6,10H,1-3H2,(H,7,9)/t6-/m0/s1. The first-order valence-corrected chi connectivity index (χ1v) is 3.30. The summed E-state index contributed by atoms with van der Waals surface area (Å²) in [6, 6.07) is -0.603. The molecule has 0 heterocycles. The van der Waals surface area contributed by atoms with Crippen LogP contribution in [0.4, 0.5) is 0 Å². The summed E-state index contributed by atoms with van der Waals surface area (Å²) >= 11 is 3.83. The zero-order valence-corrected chi connectivity index (χ0v) is 6.36. The van der Waals surface area contributed by atoms with Crippen molar-refractivity contribution < 1.29 is 9.59 Å². The lowest BCUT2D eigenvalue weighted by Crippen LogP contribution is -2.40. The zero-order chi connectivity index (χ0) is 8.15. The van der Waals surface area contributed by atoms with Gasteiger partial charge in [-0.3, -0.25) is 9.59 Å². The van der Waals surface area contributed by atoms with Crippen molar-refractivity contribution in [3.05, 3.63) is 13.8 Å². The van der Waals surface area contributed by atoms with Crippen LogP contribution in [0.2, 0.25) is 0 Å². The predicted octanol–water partition coefficient (Wildman–Crippen LogP) is -0.362. The van der Waals surface area contributed by atoms with Crippen molar-refractivity contribution in [2.45, 2.75) is 6.04 Å². The van der Waals surface area contributed by atoms with Crippen LogP contribution in [0.3, 0.4) is 0 Å². The molecule has 0 saturated heterocycles. The second kappa shape index (κ2) is 4.33. The Morgan fingerprint density at radius 1 is 1.50 bits per heavy atom. The van der Waals surface area contributed by atoms with Crippen LogP contribution >= 0.6 is 12.6 Å². The Kier molecular flexibility index (Phi) is 4.11. The third kappa shape index (κ3) is 3.50. The summed E-state index contributed by atoms with van der Waals surface area (Å²) in [7, 11) is 0. The number of thiol groups is 1. The van der Waals surface area contributed by atoms with Gasteiger partial charge in [0.25, 0.3) is 0 Å². The molecule has 1 atom stereocenters. The number of rotatable bonds is 3. The topological polar surface area (TPSA) is 46.2 Å². The van der Waals surface area contributed by atoms with Gasteiger partial charge in [-0.15, -0.1) is 0 Å². The minimum Gasteiger partial charge on any atom is -0.345 e. The van der Waals surface area contributed by atoms with E-state index in [4.69, 9.17) is 0 Å². The molecule has 10 heavy (non-hydrogen) atoms. The fourth-order valence-electron chi connectivity index (χ4n) is 0.422. The quantitative estimate of drug-likeness (QED) is 0.552. The molecule has 0 aliphatic rings. The van der Waals surface area contributed by atoms with Crippen LogP contribution in [0.15, 0.2) is 0 Å². The molecule has 3 nitrogen and oxygen atoms in total. The van der Waals surface area contributed by atoms with E-state index in [-0.39, 0.29) is 11.5 Å². The maximum Gasteiger partial charge on any atom is 0.221 e. The van der Waals surface area contributed by atoms with Crippen molar-refractivity contribution in [3.8, 4) is 0 Å². The molecular weight excluding hydrogens is 150 g/mol. The lowest BCUT2D eigenvalue weighted by molar-refractivity contribution is -0.122. The first-order chi connectivity index (χ1) is 4.57. The number of carbonyl (C=O) groups excluding carboxylic acids is 2. The maximum absolute atomic E-state index is 10.5. The SMILES string of the molecule is [CH2]C(=O)N[C@@H](CS)C([CH2])=O. The third-order valence-electron chi connectivity index (χ3n) is 0.906. The van der Waals surface area contributed by atoms with E-state index in [1.54, 1.807) is 0 Å². The molecule has 0 spiro atoms. The number of carbonyl (C=O) groups is 2. The van der Waals surface area contributed by atoms with Gasteiger partial charge in [0.1, 0.15) is 0 Å². The van der Waals surface area contributed by atoms with E-state index in [2.05, 4.69) is 31.8 Å². The number of amides is 1. The predicted molar refractivity (Wildman–Crippen MR) is 41.5 cm³/mol. The molecule has 0 unspecified atom stereocenters. The molecular formula is C6H9NO2S. The van der Waals surface area contributed by atoms with Gasteiger partial charge >= 0.3 is 0 Å². The van der Waals surface area contributed by atoms with Crippen molar-refractivity contribution in [2.75, 3.05) is 5.75 Å². The molecule has 0 aromatic carbocycles. The Morgan fingerprint density at radius 3 is 2.10 bits per heavy atom. The molecule has 0 fully saturated rings. The molecule has 0 bridgehead atoms. The third-order valence-corrected chi connectivity index (χ3v) is 1.27. The molecule has 0 aromatic heterocycles. The monoisotopic (exact) mass is 159 g/mol. The first kappa shape index (κ1) is 9.49. The lowest BCUT2D eigenvalue weighted by Gasteiger charge is -2.09. The highest BCUT2D eigenvalue weighted by Gasteiger charge is 2.11. The fourth-order valence-corrected chi connectivity index (χ4v) is 0.717. The summed E-state index contributed by atoms with van der Waals surface area (Å²) < 4.78 is 0. The molecule has 4 heteroatoms. The Hall–Kier alpha value is -0.510. The van der Waals surface area contributed by atoms with E-state index in [1.165, 1.54) is 0 Å². The van der Waals surface area contributed by atoms with E-state index >= 15 is 0 Å². The van der Waals surface area contributed by atoms with Gasteiger partial charge in [-0.05, 0) is 0 Å². The van der Waals surface area contributed by atoms with Crippen molar-refractivity contribution in [1.82, 2.24) is 5.32 Å². The second-order valence-corrected chi connectivity index (χ2v) is 2.13. The largest absolute Gasteiger partial charge is 0.345 e. The Bertz CT molecular complexity index is 147. The highest BCUT2D eigenvalue weighted by atomic mass is 32.1. The minimum atomic E-state index is -0.603. The van der Waals surface area contributed by atoms with Crippen molar-refractivity contribution in [3.63, 3.8) is 0 Å². The Morgan fingerprint density at radius 2 is 2.00 bits per heavy atom. The molecule has 0 rings (SSSR count). The van der Waals surface area contributed by atoms with E-state index < -0.39 is 11.9 Å². The first-order valence-electron chi connectivity index (χ1n) is 2.67. The van der Waals surface area contributed by atoms with Gasteiger partial charge in [0.05, 0.1) is 6.04 Å². The second-order valence-electron chi connectivity index (χ2n) is 1.77. The Labute approximate surface area is 65.6 Å². The number of Topliss-reactive ketones (excluding diaryl/α,β-unsaturated/α-hetero) is 1. The summed E-state index contributed by atoms with van der Waals surface area (Å²) in [6.07, 6.45) is 0. The van der Waals surface area contributed by atoms with Crippen LogP contribution in [0, 0.1) is 13.8 Å². The van der Waals surface area contributed by atoms with E-state index in [0.29, 0.717) is 0 Å². The van der Waals surface area contributed by atoms with Gasteiger partial charge in [0.2, 0.25) is 5.91 Å². The Balaban J connectivity index is 3.83. The van der Waals surface area contributed by atoms with Crippen molar-refractivity contribution in [1.29, 1.82) is 0 Å². The summed E-state index contributed by atoms with van der Waals surface area (Å²) in [6.45, 7) is 6.18. The molecule has 2 radical (unpaired) electrons. The molecule has 0 aromatic rings. The number of nitrogens with one attached hydrogen (secondary N) is 1. The average molecular weight is 159 g/mol. The van der Waals surface area contributed by atoms with Crippen LogP contribution in [-0.2, 0) is 9.59 Å². The normalized spacial score (nSPS) is 12.3. The highest BCUT2D eigenvalue weighted by molar-refractivity contribution is 7.80. The number of ketones is 1. The van der Waals surface area contributed by atoms with E-state index in [0.717, 1.165) is 0 Å².